The van der Waals surface area contributed by atoms with Gasteiger partial charge in [0.1, 0.15) is 17.3 Å². The second-order valence-electron chi connectivity index (χ2n) is 9.67. The largest absolute Gasteiger partial charge is 0.387 e. The molecule has 10 nitrogen and oxygen atoms in total. The summed E-state index contributed by atoms with van der Waals surface area (Å²) in [5.41, 5.74) is 1.41. The highest BCUT2D eigenvalue weighted by atomic mass is 32.2. The molecule has 0 unspecified atom stereocenters. The summed E-state index contributed by atoms with van der Waals surface area (Å²) in [6.07, 6.45) is 2.53. The van der Waals surface area contributed by atoms with Crippen LogP contribution >= 0.6 is 0 Å². The van der Waals surface area contributed by atoms with Crippen LogP contribution in [0.5, 0.6) is 0 Å². The molecule has 2 fully saturated rings. The van der Waals surface area contributed by atoms with Crippen LogP contribution in [0.3, 0.4) is 0 Å². The van der Waals surface area contributed by atoms with E-state index in [1.165, 1.54) is 21.6 Å². The molecule has 0 bridgehead atoms. The maximum atomic E-state index is 13.1. The average molecular weight is 510 g/mol. The van der Waals surface area contributed by atoms with Crippen molar-refractivity contribution in [3.05, 3.63) is 63.1 Å². The van der Waals surface area contributed by atoms with Gasteiger partial charge in [0, 0.05) is 33.2 Å². The Morgan fingerprint density at radius 2 is 1.92 bits per heavy atom. The molecule has 1 aromatic heterocycles. The molecule has 2 amide bonds. The highest BCUT2D eigenvalue weighted by Gasteiger charge is 2.60. The van der Waals surface area contributed by atoms with Gasteiger partial charge in [0.25, 0.3) is 17.4 Å². The average Bonchev–Trinajstić information content (AvgIpc) is 3.79. The summed E-state index contributed by atoms with van der Waals surface area (Å²) >= 11 is 0. The van der Waals surface area contributed by atoms with Crippen molar-refractivity contribution in [3.63, 3.8) is 0 Å². The molecule has 5 rings (SSSR count). The first-order valence-electron chi connectivity index (χ1n) is 12.0. The second kappa shape index (κ2) is 8.78. The Bertz CT molecular complexity index is 1460. The van der Waals surface area contributed by atoms with Gasteiger partial charge in [0.15, 0.2) is 9.84 Å². The van der Waals surface area contributed by atoms with Gasteiger partial charge in [0.05, 0.1) is 21.2 Å². The molecular formula is C25H27N5O5S. The maximum absolute atomic E-state index is 13.1. The standard InChI is InChI=1S/C25H27N5O5S/c1-27-20-12-16(2-3-17(20)13-26)14-28-22(31)19-6-7-21-24(33)29(10-11-30(21)23(19)32)15-25(8-9-25)36(34,35)18-4-5-18/h2-3,6-7,12,18,27H,4-5,8-11,14-15H2,1H3,(H,28,31). The summed E-state index contributed by atoms with van der Waals surface area (Å²) in [7, 11) is -1.55. The van der Waals surface area contributed by atoms with Crippen LogP contribution in [0.15, 0.2) is 35.1 Å². The van der Waals surface area contributed by atoms with E-state index in [-0.39, 0.29) is 48.6 Å². The molecule has 11 heteroatoms. The smallest absolute Gasteiger partial charge is 0.270 e. The minimum atomic E-state index is -3.25. The van der Waals surface area contributed by atoms with Crippen LogP contribution in [-0.4, -0.2) is 59.8 Å². The molecule has 2 saturated carbocycles. The third kappa shape index (κ3) is 4.05. The highest BCUT2D eigenvalue weighted by Crippen LogP contribution is 2.50. The number of amides is 2. The Kier molecular flexibility index (Phi) is 5.87. The van der Waals surface area contributed by atoms with Gasteiger partial charge in [-0.2, -0.15) is 5.26 Å². The molecule has 0 saturated heterocycles. The van der Waals surface area contributed by atoms with Gasteiger partial charge in [-0.1, -0.05) is 6.07 Å². The molecule has 2 heterocycles. The molecular weight excluding hydrogens is 482 g/mol. The molecule has 2 aromatic rings. The molecule has 2 aliphatic carbocycles. The van der Waals surface area contributed by atoms with Gasteiger partial charge in [-0.25, -0.2) is 8.42 Å². The molecule has 2 N–H and O–H groups in total. The van der Waals surface area contributed by atoms with Crippen LogP contribution in [0.2, 0.25) is 0 Å². The van der Waals surface area contributed by atoms with Crippen LogP contribution in [0.1, 0.15) is 57.7 Å². The maximum Gasteiger partial charge on any atom is 0.270 e. The Hall–Kier alpha value is -3.65. The Morgan fingerprint density at radius 3 is 2.56 bits per heavy atom. The van der Waals surface area contributed by atoms with E-state index in [0.717, 1.165) is 5.56 Å². The number of anilines is 1. The number of nitrogens with zero attached hydrogens (tertiary/aromatic N) is 3. The van der Waals surface area contributed by atoms with Crippen molar-refractivity contribution in [2.75, 3.05) is 25.5 Å². The third-order valence-electron chi connectivity index (χ3n) is 7.30. The predicted molar refractivity (Wildman–Crippen MR) is 132 cm³/mol. The minimum absolute atomic E-state index is 0.0718. The number of aromatic nitrogens is 1. The van der Waals surface area contributed by atoms with Crippen molar-refractivity contribution in [2.45, 2.75) is 48.8 Å². The Balaban J connectivity index is 1.29. The normalized spacial score (nSPS) is 18.2. The lowest BCUT2D eigenvalue weighted by atomic mass is 10.1. The molecule has 1 aliphatic heterocycles. The zero-order valence-electron chi connectivity index (χ0n) is 19.9. The first-order chi connectivity index (χ1) is 17.2. The van der Waals surface area contributed by atoms with Crippen LogP contribution < -0.4 is 16.2 Å². The van der Waals surface area contributed by atoms with Crippen LogP contribution in [0, 0.1) is 11.3 Å². The number of rotatable bonds is 8. The second-order valence-corrected chi connectivity index (χ2v) is 12.3. The molecule has 0 atom stereocenters. The molecule has 0 radical (unpaired) electrons. The van der Waals surface area contributed by atoms with Gasteiger partial charge in [-0.3, -0.25) is 14.4 Å². The number of hydrogen-bond acceptors (Lipinski definition) is 7. The van der Waals surface area contributed by atoms with Crippen LogP contribution in [0.4, 0.5) is 5.69 Å². The van der Waals surface area contributed by atoms with Crippen molar-refractivity contribution in [1.82, 2.24) is 14.8 Å². The van der Waals surface area contributed by atoms with E-state index < -0.39 is 26.1 Å². The number of benzene rings is 1. The third-order valence-corrected chi connectivity index (χ3v) is 10.4. The van der Waals surface area contributed by atoms with Gasteiger partial charge in [-0.05, 0) is 55.5 Å². The Morgan fingerprint density at radius 1 is 1.17 bits per heavy atom. The van der Waals surface area contributed by atoms with Crippen LogP contribution in [0.25, 0.3) is 0 Å². The van der Waals surface area contributed by atoms with E-state index in [0.29, 0.717) is 36.9 Å². The summed E-state index contributed by atoms with van der Waals surface area (Å²) in [5.74, 6) is -0.951. The molecule has 1 aromatic carbocycles. The first-order valence-corrected chi connectivity index (χ1v) is 13.5. The summed E-state index contributed by atoms with van der Waals surface area (Å²) < 4.78 is 26.2. The summed E-state index contributed by atoms with van der Waals surface area (Å²) in [4.78, 5) is 40.5. The fourth-order valence-electron chi connectivity index (χ4n) is 4.83. The first kappa shape index (κ1) is 24.1. The molecule has 36 heavy (non-hydrogen) atoms. The summed E-state index contributed by atoms with van der Waals surface area (Å²) in [5, 5.41) is 14.5. The van der Waals surface area contributed by atoms with E-state index in [2.05, 4.69) is 16.7 Å². The van der Waals surface area contributed by atoms with Crippen molar-refractivity contribution < 1.29 is 18.0 Å². The number of carbonyl (C=O) groups excluding carboxylic acids is 2. The van der Waals surface area contributed by atoms with Gasteiger partial charge in [0.2, 0.25) is 0 Å². The Labute approximate surface area is 208 Å². The number of nitriles is 1. The lowest BCUT2D eigenvalue weighted by Crippen LogP contribution is -2.50. The van der Waals surface area contributed by atoms with E-state index in [4.69, 9.17) is 5.26 Å². The van der Waals surface area contributed by atoms with E-state index >= 15 is 0 Å². The van der Waals surface area contributed by atoms with E-state index in [1.807, 2.05) is 0 Å². The van der Waals surface area contributed by atoms with Gasteiger partial charge in [-0.15, -0.1) is 0 Å². The zero-order valence-corrected chi connectivity index (χ0v) is 20.7. The number of hydrogen-bond donors (Lipinski definition) is 2. The lowest BCUT2D eigenvalue weighted by molar-refractivity contribution is 0.0695. The summed E-state index contributed by atoms with van der Waals surface area (Å²) in [6.45, 7) is 0.726. The SMILES string of the molecule is CNc1cc(CNC(=O)c2ccc3n(c2=O)CCN(CC2(S(=O)(=O)C4CC4)CC2)C3=O)ccc1C#N. The minimum Gasteiger partial charge on any atom is -0.387 e. The topological polar surface area (TPSA) is 141 Å². The van der Waals surface area contributed by atoms with Crippen molar-refractivity contribution in [3.8, 4) is 6.07 Å². The highest BCUT2D eigenvalue weighted by molar-refractivity contribution is 7.94. The summed E-state index contributed by atoms with van der Waals surface area (Å²) in [6, 6.07) is 10.0. The van der Waals surface area contributed by atoms with E-state index in [1.54, 1.807) is 25.2 Å². The fraction of sp³-hybridized carbons (Fsp3) is 0.440. The van der Waals surface area contributed by atoms with Gasteiger partial charge < -0.3 is 20.1 Å². The lowest BCUT2D eigenvalue weighted by Gasteiger charge is -2.32. The predicted octanol–water partition coefficient (Wildman–Crippen LogP) is 1.26. The molecule has 188 valence electrons. The van der Waals surface area contributed by atoms with Crippen LogP contribution in [-0.2, 0) is 22.9 Å². The quantitative estimate of drug-likeness (QED) is 0.546. The van der Waals surface area contributed by atoms with Crippen molar-refractivity contribution >= 4 is 27.3 Å². The molecule has 3 aliphatic rings. The van der Waals surface area contributed by atoms with E-state index in [9.17, 15) is 22.8 Å². The molecule has 0 spiro atoms. The van der Waals surface area contributed by atoms with Gasteiger partial charge >= 0.3 is 0 Å². The monoisotopic (exact) mass is 509 g/mol. The van der Waals surface area contributed by atoms with Crippen molar-refractivity contribution in [1.29, 1.82) is 5.26 Å². The fourth-order valence-corrected chi connectivity index (χ4v) is 7.30. The number of pyridine rings is 1. The number of carbonyl (C=O) groups is 2. The number of fused-ring (bicyclic) bond motifs is 1. The zero-order chi connectivity index (χ0) is 25.7. The number of nitrogens with one attached hydrogen (secondary N) is 2. The van der Waals surface area contributed by atoms with Crippen molar-refractivity contribution in [2.24, 2.45) is 0 Å². The number of sulfone groups is 1.